The highest BCUT2D eigenvalue weighted by Gasteiger charge is 2.24. The molecule has 0 aromatic heterocycles. The molecule has 1 amide bonds. The van der Waals surface area contributed by atoms with Crippen LogP contribution < -0.4 is 5.32 Å². The van der Waals surface area contributed by atoms with Gasteiger partial charge in [-0.25, -0.2) is 0 Å². The standard InChI is InChI=1S/C15H18Cl2N2OS/c1-2-11-5-3-4-8-19(11)15(21)18-14(20)12-7-6-10(16)9-13(12)17/h6-7,9,11H,2-5,8H2,1H3,(H,18,20,21)/t11-/m1/s1. The Hall–Kier alpha value is -0.840. The van der Waals surface area contributed by atoms with Gasteiger partial charge in [-0.1, -0.05) is 30.1 Å². The Morgan fingerprint density at radius 3 is 2.86 bits per heavy atom. The number of carbonyl (C=O) groups is 1. The fraction of sp³-hybridized carbons (Fsp3) is 0.467. The predicted molar refractivity (Wildman–Crippen MR) is 91.2 cm³/mol. The molecule has 0 radical (unpaired) electrons. The zero-order valence-corrected chi connectivity index (χ0v) is 14.2. The van der Waals surface area contributed by atoms with Crippen LogP contribution in [0.3, 0.4) is 0 Å². The molecule has 1 aliphatic heterocycles. The Morgan fingerprint density at radius 1 is 1.43 bits per heavy atom. The van der Waals surface area contributed by atoms with Gasteiger partial charge in [0.1, 0.15) is 0 Å². The van der Waals surface area contributed by atoms with Crippen LogP contribution in [0.5, 0.6) is 0 Å². The Balaban J connectivity index is 2.06. The molecular weight excluding hydrogens is 327 g/mol. The Labute approximate surface area is 140 Å². The lowest BCUT2D eigenvalue weighted by atomic mass is 10.0. The highest BCUT2D eigenvalue weighted by Crippen LogP contribution is 2.22. The van der Waals surface area contributed by atoms with Crippen LogP contribution in [0.2, 0.25) is 10.0 Å². The maximum absolute atomic E-state index is 12.3. The number of hydrogen-bond donors (Lipinski definition) is 1. The van der Waals surface area contributed by atoms with Gasteiger partial charge in [0.05, 0.1) is 10.6 Å². The van der Waals surface area contributed by atoms with Gasteiger partial charge in [-0.3, -0.25) is 10.1 Å². The topological polar surface area (TPSA) is 32.3 Å². The number of benzene rings is 1. The number of thiocarbonyl (C=S) groups is 1. The van der Waals surface area contributed by atoms with Crippen molar-refractivity contribution in [3.63, 3.8) is 0 Å². The number of amides is 1. The number of halogens is 2. The second kappa shape index (κ2) is 7.43. The molecule has 1 saturated heterocycles. The van der Waals surface area contributed by atoms with Crippen molar-refractivity contribution in [2.45, 2.75) is 38.6 Å². The lowest BCUT2D eigenvalue weighted by Crippen LogP contribution is -2.49. The summed E-state index contributed by atoms with van der Waals surface area (Å²) in [7, 11) is 0. The first-order valence-corrected chi connectivity index (χ1v) is 8.26. The van der Waals surface area contributed by atoms with Crippen molar-refractivity contribution in [3.05, 3.63) is 33.8 Å². The van der Waals surface area contributed by atoms with Gasteiger partial charge in [-0.15, -0.1) is 0 Å². The zero-order chi connectivity index (χ0) is 15.4. The summed E-state index contributed by atoms with van der Waals surface area (Å²) in [6.07, 6.45) is 4.47. The van der Waals surface area contributed by atoms with Crippen molar-refractivity contribution in [2.75, 3.05) is 6.54 Å². The second-order valence-electron chi connectivity index (χ2n) is 5.13. The Bertz CT molecular complexity index is 550. The van der Waals surface area contributed by atoms with Gasteiger partial charge in [0.25, 0.3) is 5.91 Å². The number of nitrogens with one attached hydrogen (secondary N) is 1. The summed E-state index contributed by atoms with van der Waals surface area (Å²) < 4.78 is 0. The molecule has 1 aliphatic rings. The molecule has 0 unspecified atom stereocenters. The number of piperidine rings is 1. The minimum absolute atomic E-state index is 0.290. The van der Waals surface area contributed by atoms with Gasteiger partial charge in [0.2, 0.25) is 0 Å². The molecule has 1 heterocycles. The molecule has 1 aromatic carbocycles. The molecule has 1 atom stereocenters. The lowest BCUT2D eigenvalue weighted by molar-refractivity contribution is 0.0969. The van der Waals surface area contributed by atoms with Crippen LogP contribution >= 0.6 is 35.4 Å². The average molecular weight is 345 g/mol. The molecule has 6 heteroatoms. The van der Waals surface area contributed by atoms with E-state index in [0.717, 1.165) is 25.8 Å². The third kappa shape index (κ3) is 4.09. The molecule has 0 saturated carbocycles. The van der Waals surface area contributed by atoms with Crippen LogP contribution in [-0.4, -0.2) is 28.5 Å². The van der Waals surface area contributed by atoms with Crippen molar-refractivity contribution in [2.24, 2.45) is 0 Å². The van der Waals surface area contributed by atoms with Gasteiger partial charge in [-0.05, 0) is 56.1 Å². The van der Waals surface area contributed by atoms with Crippen LogP contribution in [0, 0.1) is 0 Å². The molecule has 0 bridgehead atoms. The maximum atomic E-state index is 12.3. The van der Waals surface area contributed by atoms with E-state index in [1.54, 1.807) is 18.2 Å². The van der Waals surface area contributed by atoms with E-state index < -0.39 is 0 Å². The van der Waals surface area contributed by atoms with Crippen molar-refractivity contribution < 1.29 is 4.79 Å². The quantitative estimate of drug-likeness (QED) is 0.813. The van der Waals surface area contributed by atoms with Crippen LogP contribution in [0.15, 0.2) is 18.2 Å². The summed E-state index contributed by atoms with van der Waals surface area (Å²) in [6, 6.07) is 5.21. The molecule has 2 rings (SSSR count). The number of carbonyl (C=O) groups excluding carboxylic acids is 1. The number of hydrogen-bond acceptors (Lipinski definition) is 2. The summed E-state index contributed by atoms with van der Waals surface area (Å²) in [4.78, 5) is 14.4. The number of rotatable bonds is 2. The van der Waals surface area contributed by atoms with E-state index in [1.807, 2.05) is 0 Å². The molecule has 1 N–H and O–H groups in total. The highest BCUT2D eigenvalue weighted by atomic mass is 35.5. The van der Waals surface area contributed by atoms with Crippen molar-refractivity contribution in [3.8, 4) is 0 Å². The smallest absolute Gasteiger partial charge is 0.258 e. The lowest BCUT2D eigenvalue weighted by Gasteiger charge is -2.37. The van der Waals surface area contributed by atoms with Crippen LogP contribution in [0.4, 0.5) is 0 Å². The molecule has 114 valence electrons. The van der Waals surface area contributed by atoms with Gasteiger partial charge < -0.3 is 4.90 Å². The highest BCUT2D eigenvalue weighted by molar-refractivity contribution is 7.80. The van der Waals surface area contributed by atoms with Crippen molar-refractivity contribution in [1.82, 2.24) is 10.2 Å². The molecule has 1 aromatic rings. The molecule has 21 heavy (non-hydrogen) atoms. The van der Waals surface area contributed by atoms with E-state index >= 15 is 0 Å². The van der Waals surface area contributed by atoms with E-state index in [9.17, 15) is 4.79 Å². The van der Waals surface area contributed by atoms with E-state index in [0.29, 0.717) is 26.8 Å². The van der Waals surface area contributed by atoms with Crippen LogP contribution in [0.25, 0.3) is 0 Å². The van der Waals surface area contributed by atoms with Gasteiger partial charge in [0.15, 0.2) is 5.11 Å². The number of likely N-dealkylation sites (tertiary alicyclic amines) is 1. The molecule has 3 nitrogen and oxygen atoms in total. The summed E-state index contributed by atoms with van der Waals surface area (Å²) in [6.45, 7) is 3.04. The van der Waals surface area contributed by atoms with E-state index in [4.69, 9.17) is 35.4 Å². The fourth-order valence-corrected chi connectivity index (χ4v) is 3.43. The largest absolute Gasteiger partial charge is 0.346 e. The van der Waals surface area contributed by atoms with Crippen molar-refractivity contribution >= 4 is 46.4 Å². The average Bonchev–Trinajstić information content (AvgIpc) is 2.46. The van der Waals surface area contributed by atoms with Gasteiger partial charge >= 0.3 is 0 Å². The Kier molecular flexibility index (Phi) is 5.85. The first-order valence-electron chi connectivity index (χ1n) is 7.10. The van der Waals surface area contributed by atoms with E-state index in [2.05, 4.69) is 17.1 Å². The van der Waals surface area contributed by atoms with Crippen LogP contribution in [-0.2, 0) is 0 Å². The summed E-state index contributed by atoms with van der Waals surface area (Å²) in [5, 5.41) is 4.09. The van der Waals surface area contributed by atoms with E-state index in [1.165, 1.54) is 6.42 Å². The van der Waals surface area contributed by atoms with Crippen LogP contribution in [0.1, 0.15) is 43.0 Å². The molecule has 0 spiro atoms. The minimum Gasteiger partial charge on any atom is -0.346 e. The predicted octanol–water partition coefficient (Wildman–Crippen LogP) is 4.27. The maximum Gasteiger partial charge on any atom is 0.258 e. The molecule has 0 aliphatic carbocycles. The minimum atomic E-state index is -0.290. The molecular formula is C15H18Cl2N2OS. The number of nitrogens with zero attached hydrogens (tertiary/aromatic N) is 1. The van der Waals surface area contributed by atoms with Crippen molar-refractivity contribution in [1.29, 1.82) is 0 Å². The van der Waals surface area contributed by atoms with Gasteiger partial charge in [-0.2, -0.15) is 0 Å². The normalized spacial score (nSPS) is 18.4. The third-order valence-corrected chi connectivity index (χ3v) is 4.64. The summed E-state index contributed by atoms with van der Waals surface area (Å²) in [5.41, 5.74) is 0.383. The summed E-state index contributed by atoms with van der Waals surface area (Å²) in [5.74, 6) is -0.290. The first-order chi connectivity index (χ1) is 10.0. The Morgan fingerprint density at radius 2 is 2.19 bits per heavy atom. The first kappa shape index (κ1) is 16.5. The zero-order valence-electron chi connectivity index (χ0n) is 11.9. The summed E-state index contributed by atoms with van der Waals surface area (Å²) >= 11 is 17.3. The molecule has 1 fully saturated rings. The van der Waals surface area contributed by atoms with Gasteiger partial charge in [0, 0.05) is 17.6 Å². The fourth-order valence-electron chi connectivity index (χ4n) is 2.60. The SMILES string of the molecule is CC[C@@H]1CCCCN1C(=S)NC(=O)c1ccc(Cl)cc1Cl. The third-order valence-electron chi connectivity index (χ3n) is 3.76. The van der Waals surface area contributed by atoms with E-state index in [-0.39, 0.29) is 5.91 Å². The second-order valence-corrected chi connectivity index (χ2v) is 6.37. The monoisotopic (exact) mass is 344 g/mol.